The highest BCUT2D eigenvalue weighted by Gasteiger charge is 2.28. The summed E-state index contributed by atoms with van der Waals surface area (Å²) in [4.78, 5) is 29.7. The van der Waals surface area contributed by atoms with E-state index in [1.807, 2.05) is 11.0 Å². The molecule has 3 rings (SSSR count). The summed E-state index contributed by atoms with van der Waals surface area (Å²) in [7, 11) is 1.76. The van der Waals surface area contributed by atoms with Gasteiger partial charge in [-0.2, -0.15) is 5.10 Å². The number of aromatic nitrogens is 3. The molecule has 3 heterocycles. The van der Waals surface area contributed by atoms with E-state index in [9.17, 15) is 9.59 Å². The van der Waals surface area contributed by atoms with Crippen LogP contribution in [0.1, 0.15) is 34.8 Å². The first kappa shape index (κ1) is 16.9. The number of piperidine rings is 1. The number of carboxylic acid groups (broad SMARTS) is 1. The zero-order valence-corrected chi connectivity index (χ0v) is 14.1. The Hall–Kier alpha value is -2.90. The highest BCUT2D eigenvalue weighted by atomic mass is 16.4. The molecule has 0 radical (unpaired) electrons. The van der Waals surface area contributed by atoms with Gasteiger partial charge in [0.1, 0.15) is 12.4 Å². The van der Waals surface area contributed by atoms with Gasteiger partial charge in [0.25, 0.3) is 5.91 Å². The fraction of sp³-hybridized carbons (Fsp3) is 0.412. The zero-order chi connectivity index (χ0) is 17.8. The molecule has 8 nitrogen and oxygen atoms in total. The maximum Gasteiger partial charge on any atom is 0.325 e. The van der Waals surface area contributed by atoms with Gasteiger partial charge in [0.05, 0.1) is 0 Å². The number of carbonyl (C=O) groups is 2. The molecule has 2 N–H and O–H groups in total. The predicted molar refractivity (Wildman–Crippen MR) is 91.5 cm³/mol. The number of amides is 1. The van der Waals surface area contributed by atoms with E-state index >= 15 is 0 Å². The van der Waals surface area contributed by atoms with Crippen molar-refractivity contribution in [2.75, 3.05) is 25.5 Å². The lowest BCUT2D eigenvalue weighted by molar-refractivity contribution is -0.137. The number of anilines is 1. The molecular weight excluding hydrogens is 322 g/mol. The Kier molecular flexibility index (Phi) is 4.97. The summed E-state index contributed by atoms with van der Waals surface area (Å²) in [5.41, 5.74) is 1.46. The molecule has 25 heavy (non-hydrogen) atoms. The summed E-state index contributed by atoms with van der Waals surface area (Å²) in [5.74, 6) is -0.220. The van der Waals surface area contributed by atoms with Crippen molar-refractivity contribution in [1.29, 1.82) is 0 Å². The molecule has 8 heteroatoms. The standard InChI is InChI=1S/C17H21N5O3/c1-18-15-9-12(4-6-19-15)17(25)21-8-2-3-13(10-21)14-5-7-20-22(14)11-16(23)24/h4-7,9,13H,2-3,8,10-11H2,1H3,(H,18,19)(H,23,24)/t13-/m0/s1. The lowest BCUT2D eigenvalue weighted by Crippen LogP contribution is -2.39. The second kappa shape index (κ2) is 7.33. The lowest BCUT2D eigenvalue weighted by Gasteiger charge is -2.33. The van der Waals surface area contributed by atoms with Gasteiger partial charge >= 0.3 is 5.97 Å². The molecule has 2 aromatic rings. The third-order valence-electron chi connectivity index (χ3n) is 4.42. The first-order valence-electron chi connectivity index (χ1n) is 8.25. The summed E-state index contributed by atoms with van der Waals surface area (Å²) < 4.78 is 1.51. The van der Waals surface area contributed by atoms with E-state index in [0.29, 0.717) is 24.5 Å². The number of carbonyl (C=O) groups excluding carboxylic acids is 1. The van der Waals surface area contributed by atoms with Crippen LogP contribution in [0.4, 0.5) is 5.82 Å². The number of rotatable bonds is 5. The van der Waals surface area contributed by atoms with Gasteiger partial charge in [-0.1, -0.05) is 0 Å². The van der Waals surface area contributed by atoms with Gasteiger partial charge in [0, 0.05) is 49.7 Å². The van der Waals surface area contributed by atoms with E-state index < -0.39 is 5.97 Å². The van der Waals surface area contributed by atoms with Crippen molar-refractivity contribution in [1.82, 2.24) is 19.7 Å². The lowest BCUT2D eigenvalue weighted by atomic mass is 9.94. The maximum atomic E-state index is 12.8. The Morgan fingerprint density at radius 2 is 2.20 bits per heavy atom. The molecule has 1 aliphatic rings. The summed E-state index contributed by atoms with van der Waals surface area (Å²) >= 11 is 0. The van der Waals surface area contributed by atoms with Crippen molar-refractivity contribution in [3.8, 4) is 0 Å². The summed E-state index contributed by atoms with van der Waals surface area (Å²) in [6, 6.07) is 5.29. The molecule has 1 amide bonds. The number of pyridine rings is 1. The first-order chi connectivity index (χ1) is 12.1. The molecule has 2 aromatic heterocycles. The minimum absolute atomic E-state index is 0.0344. The van der Waals surface area contributed by atoms with E-state index in [1.165, 1.54) is 4.68 Å². The fourth-order valence-electron chi connectivity index (χ4n) is 3.24. The Labute approximate surface area is 145 Å². The second-order valence-electron chi connectivity index (χ2n) is 6.08. The number of nitrogens with zero attached hydrogens (tertiary/aromatic N) is 4. The monoisotopic (exact) mass is 343 g/mol. The third-order valence-corrected chi connectivity index (χ3v) is 4.42. The van der Waals surface area contributed by atoms with E-state index in [4.69, 9.17) is 5.11 Å². The normalized spacial score (nSPS) is 17.3. The predicted octanol–water partition coefficient (Wildman–Crippen LogP) is 1.42. The molecule has 0 unspecified atom stereocenters. The SMILES string of the molecule is CNc1cc(C(=O)N2CCC[C@H](c3ccnn3CC(=O)O)C2)ccn1. The number of carboxylic acids is 1. The largest absolute Gasteiger partial charge is 0.480 e. The van der Waals surface area contributed by atoms with Crippen molar-refractivity contribution in [2.24, 2.45) is 0 Å². The quantitative estimate of drug-likeness (QED) is 0.852. The topological polar surface area (TPSA) is 100 Å². The number of nitrogens with one attached hydrogen (secondary N) is 1. The number of hydrogen-bond acceptors (Lipinski definition) is 5. The highest BCUT2D eigenvalue weighted by Crippen LogP contribution is 2.27. The van der Waals surface area contributed by atoms with Crippen LogP contribution >= 0.6 is 0 Å². The Morgan fingerprint density at radius 1 is 1.36 bits per heavy atom. The van der Waals surface area contributed by atoms with E-state index in [0.717, 1.165) is 18.5 Å². The van der Waals surface area contributed by atoms with Gasteiger partial charge < -0.3 is 15.3 Å². The van der Waals surface area contributed by atoms with E-state index in [1.54, 1.807) is 31.6 Å². The van der Waals surface area contributed by atoms with Crippen LogP contribution in [0.3, 0.4) is 0 Å². The van der Waals surface area contributed by atoms with Crippen LogP contribution in [0.2, 0.25) is 0 Å². The third kappa shape index (κ3) is 3.78. The molecule has 132 valence electrons. The van der Waals surface area contributed by atoms with Crippen LogP contribution in [-0.2, 0) is 11.3 Å². The highest BCUT2D eigenvalue weighted by molar-refractivity contribution is 5.95. The molecule has 0 saturated carbocycles. The van der Waals surface area contributed by atoms with Gasteiger partial charge in [-0.3, -0.25) is 14.3 Å². The van der Waals surface area contributed by atoms with Crippen LogP contribution in [0.15, 0.2) is 30.6 Å². The minimum atomic E-state index is -0.926. The average Bonchev–Trinajstić information content (AvgIpc) is 3.08. The molecule has 1 atom stereocenters. The Bertz CT molecular complexity index is 773. The molecule has 0 aromatic carbocycles. The molecule has 1 fully saturated rings. The second-order valence-corrected chi connectivity index (χ2v) is 6.08. The number of aliphatic carboxylic acids is 1. The van der Waals surface area contributed by atoms with Crippen molar-refractivity contribution in [2.45, 2.75) is 25.3 Å². The number of likely N-dealkylation sites (tertiary alicyclic amines) is 1. The van der Waals surface area contributed by atoms with Gasteiger partial charge in [-0.05, 0) is 31.0 Å². The van der Waals surface area contributed by atoms with Crippen LogP contribution in [0.5, 0.6) is 0 Å². The fourth-order valence-corrected chi connectivity index (χ4v) is 3.24. The minimum Gasteiger partial charge on any atom is -0.480 e. The average molecular weight is 343 g/mol. The maximum absolute atomic E-state index is 12.8. The Balaban J connectivity index is 1.76. The number of hydrogen-bond donors (Lipinski definition) is 2. The van der Waals surface area contributed by atoms with E-state index in [-0.39, 0.29) is 18.4 Å². The van der Waals surface area contributed by atoms with E-state index in [2.05, 4.69) is 15.4 Å². The molecule has 1 aliphatic heterocycles. The van der Waals surface area contributed by atoms with Crippen LogP contribution in [0.25, 0.3) is 0 Å². The van der Waals surface area contributed by atoms with Gasteiger partial charge in [0.2, 0.25) is 0 Å². The zero-order valence-electron chi connectivity index (χ0n) is 14.1. The summed E-state index contributed by atoms with van der Waals surface area (Å²) in [5, 5.41) is 16.0. The molecular formula is C17H21N5O3. The Morgan fingerprint density at radius 3 is 2.96 bits per heavy atom. The smallest absolute Gasteiger partial charge is 0.325 e. The molecule has 1 saturated heterocycles. The summed E-state index contributed by atoms with van der Waals surface area (Å²) in [6.07, 6.45) is 5.01. The van der Waals surface area contributed by atoms with Crippen molar-refractivity contribution >= 4 is 17.7 Å². The molecule has 0 spiro atoms. The van der Waals surface area contributed by atoms with Gasteiger partial charge in [-0.15, -0.1) is 0 Å². The van der Waals surface area contributed by atoms with Gasteiger partial charge in [0.15, 0.2) is 0 Å². The van der Waals surface area contributed by atoms with Crippen LogP contribution in [-0.4, -0.2) is 56.8 Å². The van der Waals surface area contributed by atoms with Crippen molar-refractivity contribution in [3.63, 3.8) is 0 Å². The van der Waals surface area contributed by atoms with Crippen molar-refractivity contribution < 1.29 is 14.7 Å². The van der Waals surface area contributed by atoms with Gasteiger partial charge in [-0.25, -0.2) is 4.98 Å². The first-order valence-corrected chi connectivity index (χ1v) is 8.25. The molecule has 0 bridgehead atoms. The summed E-state index contributed by atoms with van der Waals surface area (Å²) in [6.45, 7) is 1.09. The van der Waals surface area contributed by atoms with Crippen LogP contribution in [0, 0.1) is 0 Å². The van der Waals surface area contributed by atoms with Crippen LogP contribution < -0.4 is 5.32 Å². The van der Waals surface area contributed by atoms with Crippen molar-refractivity contribution in [3.05, 3.63) is 41.9 Å². The molecule has 0 aliphatic carbocycles.